The normalized spacial score (nSPS) is 19.9. The van der Waals surface area contributed by atoms with Crippen molar-refractivity contribution >= 4 is 22.1 Å². The van der Waals surface area contributed by atoms with Gasteiger partial charge < -0.3 is 4.42 Å². The number of para-hydroxylation sites is 1. The first-order valence-corrected chi connectivity index (χ1v) is 7.36. The largest absolute Gasteiger partial charge is 0.437 e. The van der Waals surface area contributed by atoms with Gasteiger partial charge in [-0.15, -0.1) is 0 Å². The molecule has 1 aromatic carbocycles. The quantitative estimate of drug-likeness (QED) is 0.468. The zero-order valence-corrected chi connectivity index (χ0v) is 12.8. The average Bonchev–Trinajstić information content (AvgIpc) is 3.07. The minimum Gasteiger partial charge on any atom is -0.437 e. The van der Waals surface area contributed by atoms with E-state index in [4.69, 9.17) is 18.1 Å². The second kappa shape index (κ2) is 5.45. The molecule has 0 aliphatic carbocycles. The van der Waals surface area contributed by atoms with E-state index in [0.29, 0.717) is 22.2 Å². The van der Waals surface area contributed by atoms with Crippen molar-refractivity contribution in [2.75, 3.05) is 0 Å². The second-order valence-corrected chi connectivity index (χ2v) is 5.58. The molecule has 120 valence electrons. The first-order valence-electron chi connectivity index (χ1n) is 12.4. The molecule has 0 bridgehead atoms. The molecule has 4 aromatic rings. The predicted octanol–water partition coefficient (Wildman–Crippen LogP) is 5.78. The monoisotopic (exact) mass is 326 g/mol. The van der Waals surface area contributed by atoms with Gasteiger partial charge in [-0.3, -0.25) is 4.98 Å². The minimum atomic E-state index is -3.36. The fourth-order valence-electron chi connectivity index (χ4n) is 2.78. The molecule has 0 N–H and O–H groups in total. The highest BCUT2D eigenvalue weighted by Crippen LogP contribution is 2.35. The molecule has 3 nitrogen and oxygen atoms in total. The Morgan fingerprint density at radius 2 is 2.08 bits per heavy atom. The first-order chi connectivity index (χ1) is 15.6. The third-order valence-electron chi connectivity index (χ3n) is 3.95. The van der Waals surface area contributed by atoms with Gasteiger partial charge in [0.05, 0.1) is 5.69 Å². The number of fused-ring (bicyclic) bond motifs is 3. The summed E-state index contributed by atoms with van der Waals surface area (Å²) in [6.45, 7) is -7.80. The molecule has 0 unspecified atom stereocenters. The minimum absolute atomic E-state index is 0.0782. The molecule has 0 aliphatic heterocycles. The maximum absolute atomic E-state index is 8.58. The van der Waals surface area contributed by atoms with Crippen LogP contribution in [0.3, 0.4) is 0 Å². The molecule has 0 aliphatic rings. The summed E-state index contributed by atoms with van der Waals surface area (Å²) in [7, 11) is 0. The van der Waals surface area contributed by atoms with E-state index in [1.807, 2.05) is 19.1 Å². The van der Waals surface area contributed by atoms with Crippen molar-refractivity contribution in [2.24, 2.45) is 0 Å². The molecule has 3 aromatic heterocycles. The number of hydrogen-bond donors (Lipinski definition) is 0. The number of benzene rings is 1. The van der Waals surface area contributed by atoms with Crippen LogP contribution in [-0.4, -0.2) is 9.97 Å². The van der Waals surface area contributed by atoms with Gasteiger partial charge in [0.2, 0.25) is 5.71 Å². The van der Waals surface area contributed by atoms with Crippen molar-refractivity contribution in [1.29, 1.82) is 0 Å². The van der Waals surface area contributed by atoms with Gasteiger partial charge in [-0.2, -0.15) is 0 Å². The van der Waals surface area contributed by atoms with Gasteiger partial charge in [0.15, 0.2) is 0 Å². The lowest BCUT2D eigenvalue weighted by molar-refractivity contribution is 0.653. The van der Waals surface area contributed by atoms with Crippen LogP contribution < -0.4 is 0 Å². The highest BCUT2D eigenvalue weighted by Gasteiger charge is 2.15. The van der Waals surface area contributed by atoms with Crippen molar-refractivity contribution in [1.82, 2.24) is 9.97 Å². The van der Waals surface area contributed by atoms with Crippen molar-refractivity contribution in [2.45, 2.75) is 33.4 Å². The van der Waals surface area contributed by atoms with E-state index in [9.17, 15) is 0 Å². The van der Waals surface area contributed by atoms with Gasteiger partial charge in [0.1, 0.15) is 5.58 Å². The van der Waals surface area contributed by atoms with Gasteiger partial charge in [-0.25, -0.2) is 4.98 Å². The number of aromatic nitrogens is 2. The summed E-state index contributed by atoms with van der Waals surface area (Å²) in [6, 6.07) is 9.89. The molecule has 3 heterocycles. The van der Waals surface area contributed by atoms with E-state index in [1.165, 1.54) is 0 Å². The third kappa shape index (κ3) is 2.28. The first kappa shape index (κ1) is 7.47. The van der Waals surface area contributed by atoms with Gasteiger partial charge in [0, 0.05) is 41.9 Å². The second-order valence-electron chi connectivity index (χ2n) is 5.58. The topological polar surface area (TPSA) is 38.9 Å². The smallest absolute Gasteiger partial charge is 0.227 e. The van der Waals surface area contributed by atoms with E-state index >= 15 is 0 Å². The number of furan rings is 1. The van der Waals surface area contributed by atoms with Crippen LogP contribution in [0.5, 0.6) is 0 Å². The van der Waals surface area contributed by atoms with Crippen molar-refractivity contribution in [3.63, 3.8) is 0 Å². The fourth-order valence-corrected chi connectivity index (χ4v) is 2.78. The Labute approximate surface area is 155 Å². The van der Waals surface area contributed by atoms with Gasteiger partial charge in [0.25, 0.3) is 0 Å². The molecule has 24 heavy (non-hydrogen) atoms. The van der Waals surface area contributed by atoms with Gasteiger partial charge in [-0.1, -0.05) is 25.8 Å². The molecule has 0 fully saturated rings. The summed E-state index contributed by atoms with van der Waals surface area (Å²) in [5.41, 5.74) is 0.687. The van der Waals surface area contributed by atoms with Gasteiger partial charge >= 0.3 is 0 Å². The molecule has 0 atom stereocenters. The van der Waals surface area contributed by atoms with Crippen LogP contribution in [0.4, 0.5) is 0 Å². The number of rotatable bonds is 2. The molecule has 0 radical (unpaired) electrons. The summed E-state index contributed by atoms with van der Waals surface area (Å²) < 4.78 is 85.0. The summed E-state index contributed by atoms with van der Waals surface area (Å²) in [5.74, 6) is -3.21. The zero-order valence-electron chi connectivity index (χ0n) is 22.8. The average molecular weight is 326 g/mol. The van der Waals surface area contributed by atoms with Crippen LogP contribution in [0.25, 0.3) is 33.3 Å². The van der Waals surface area contributed by atoms with Crippen molar-refractivity contribution in [3.8, 4) is 11.3 Å². The molecule has 3 heteroatoms. The maximum Gasteiger partial charge on any atom is 0.227 e. The number of hydrogen-bond acceptors (Lipinski definition) is 3. The van der Waals surface area contributed by atoms with Crippen LogP contribution in [0.2, 0.25) is 0 Å². The third-order valence-corrected chi connectivity index (χ3v) is 3.95. The number of aryl methyl sites for hydroxylation is 2. The summed E-state index contributed by atoms with van der Waals surface area (Å²) in [5, 5.41) is 1.44. The number of nitrogens with zero attached hydrogens (tertiary/aromatic N) is 2. The highest BCUT2D eigenvalue weighted by atomic mass is 16.3. The molecule has 0 spiro atoms. The lowest BCUT2D eigenvalue weighted by Gasteiger charge is -2.11. The van der Waals surface area contributed by atoms with E-state index in [1.54, 1.807) is 18.2 Å². The Morgan fingerprint density at radius 3 is 2.92 bits per heavy atom. The molecule has 0 amide bonds. The molecular formula is C21H20N2O. The molecule has 0 saturated heterocycles. The Morgan fingerprint density at radius 1 is 1.17 bits per heavy atom. The Kier molecular flexibility index (Phi) is 1.70. The van der Waals surface area contributed by atoms with Crippen LogP contribution in [-0.2, 0) is 0 Å². The van der Waals surface area contributed by atoms with E-state index in [2.05, 4.69) is 9.97 Å². The summed E-state index contributed by atoms with van der Waals surface area (Å²) >= 11 is 0. The van der Waals surface area contributed by atoms with Crippen molar-refractivity contribution < 1.29 is 18.1 Å². The van der Waals surface area contributed by atoms with Crippen LogP contribution in [0.1, 0.15) is 50.1 Å². The SMILES string of the molecule is [2H]C([2H])([2H])c1cnc(-c2cccc3c2oc2nc(C)ccc23)cc1C([2H])(C([2H])([2H])[2H])C([2H])([2H])[2H]. The number of pyridine rings is 2. The van der Waals surface area contributed by atoms with Crippen molar-refractivity contribution in [3.05, 3.63) is 59.4 Å². The summed E-state index contributed by atoms with van der Waals surface area (Å²) in [4.78, 5) is 8.58. The fraction of sp³-hybridized carbons (Fsp3) is 0.238. The van der Waals surface area contributed by atoms with E-state index in [0.717, 1.165) is 23.3 Å². The van der Waals surface area contributed by atoms with Crippen LogP contribution in [0.15, 0.2) is 47.0 Å². The standard InChI is InChI=1S/C21H20N2O/c1-12(2)18-10-19(22-11-13(18)3)17-7-5-6-15-16-9-8-14(4)23-21(16)24-20(15)17/h5-12H,1-4H3/i1D3,2D3,3D3,12D. The Bertz CT molecular complexity index is 1390. The van der Waals surface area contributed by atoms with E-state index in [-0.39, 0.29) is 5.69 Å². The van der Waals surface area contributed by atoms with Crippen LogP contribution >= 0.6 is 0 Å². The molecule has 0 saturated carbocycles. The molecular weight excluding hydrogens is 296 g/mol. The molecule has 4 rings (SSSR count). The lowest BCUT2D eigenvalue weighted by Crippen LogP contribution is -1.95. The maximum atomic E-state index is 8.58. The predicted molar refractivity (Wildman–Crippen MR) is 98.3 cm³/mol. The zero-order chi connectivity index (χ0) is 25.3. The Balaban J connectivity index is 2.06. The highest BCUT2D eigenvalue weighted by molar-refractivity contribution is 6.08. The van der Waals surface area contributed by atoms with E-state index < -0.39 is 37.6 Å². The Hall–Kier alpha value is -2.68. The lowest BCUT2D eigenvalue weighted by atomic mass is 9.97. The van der Waals surface area contributed by atoms with Crippen LogP contribution in [0, 0.1) is 13.8 Å². The summed E-state index contributed by atoms with van der Waals surface area (Å²) in [6.07, 6.45) is 0.919. The van der Waals surface area contributed by atoms with Gasteiger partial charge in [-0.05, 0) is 55.1 Å².